The maximum Gasteiger partial charge on any atom is 0.248 e. The van der Waals surface area contributed by atoms with Gasteiger partial charge in [-0.15, -0.1) is 0 Å². The lowest BCUT2D eigenvalue weighted by molar-refractivity contribution is 0.100. The molecule has 2 aromatic rings. The lowest BCUT2D eigenvalue weighted by atomic mass is 10.1. The fourth-order valence-corrected chi connectivity index (χ4v) is 2.47. The van der Waals surface area contributed by atoms with Gasteiger partial charge in [-0.2, -0.15) is 0 Å². The monoisotopic (exact) mass is 285 g/mol. The molecule has 0 bridgehead atoms. The Bertz CT molecular complexity index is 633. The molecule has 21 heavy (non-hydrogen) atoms. The maximum absolute atomic E-state index is 11.2. The van der Waals surface area contributed by atoms with Crippen LogP contribution in [0.3, 0.4) is 0 Å². The van der Waals surface area contributed by atoms with Crippen molar-refractivity contribution in [1.82, 2.24) is 4.90 Å². The lowest BCUT2D eigenvalue weighted by Crippen LogP contribution is -2.25. The molecule has 4 N–H and O–H groups in total. The lowest BCUT2D eigenvalue weighted by Gasteiger charge is -2.22. The van der Waals surface area contributed by atoms with Gasteiger partial charge in [0.1, 0.15) is 5.76 Å². The van der Waals surface area contributed by atoms with Gasteiger partial charge in [0.2, 0.25) is 5.91 Å². The number of hydrogen-bond donors (Lipinski definition) is 2. The van der Waals surface area contributed by atoms with Gasteiger partial charge in [-0.05, 0) is 42.7 Å². The van der Waals surface area contributed by atoms with Gasteiger partial charge in [-0.3, -0.25) is 9.69 Å². The Morgan fingerprint density at radius 3 is 2.67 bits per heavy atom. The zero-order valence-electron chi connectivity index (χ0n) is 11.8. The molecule has 1 aromatic heterocycles. The summed E-state index contributed by atoms with van der Waals surface area (Å²) in [6.07, 6.45) is 4.11. The Labute approximate surface area is 123 Å². The highest BCUT2D eigenvalue weighted by Gasteiger charge is 2.29. The molecule has 5 nitrogen and oxygen atoms in total. The summed E-state index contributed by atoms with van der Waals surface area (Å²) < 4.78 is 5.43. The van der Waals surface area contributed by atoms with Gasteiger partial charge in [-0.25, -0.2) is 0 Å². The number of nitrogens with two attached hydrogens (primary N) is 2. The van der Waals surface area contributed by atoms with E-state index < -0.39 is 5.91 Å². The molecule has 3 rings (SSSR count). The Kier molecular flexibility index (Phi) is 3.66. The average Bonchev–Trinajstić information content (AvgIpc) is 3.18. The van der Waals surface area contributed by atoms with Crippen molar-refractivity contribution in [2.45, 2.75) is 32.0 Å². The molecule has 1 saturated carbocycles. The van der Waals surface area contributed by atoms with Crippen LogP contribution in [0.25, 0.3) is 0 Å². The molecule has 0 atom stereocenters. The number of benzene rings is 1. The largest absolute Gasteiger partial charge is 0.468 e. The SMILES string of the molecule is NC(=O)c1ccc(CN(Cc2ccco2)C2CC2)c(N)c1. The van der Waals surface area contributed by atoms with Crippen molar-refractivity contribution in [3.63, 3.8) is 0 Å². The number of rotatable bonds is 6. The molecule has 1 aliphatic rings. The van der Waals surface area contributed by atoms with Crippen molar-refractivity contribution >= 4 is 11.6 Å². The number of furan rings is 1. The molecule has 1 aromatic carbocycles. The van der Waals surface area contributed by atoms with E-state index in [-0.39, 0.29) is 0 Å². The van der Waals surface area contributed by atoms with Crippen molar-refractivity contribution in [3.8, 4) is 0 Å². The molecule has 110 valence electrons. The summed E-state index contributed by atoms with van der Waals surface area (Å²) in [7, 11) is 0. The van der Waals surface area contributed by atoms with Crippen molar-refractivity contribution in [3.05, 3.63) is 53.5 Å². The number of hydrogen-bond acceptors (Lipinski definition) is 4. The van der Waals surface area contributed by atoms with E-state index in [4.69, 9.17) is 15.9 Å². The first-order valence-electron chi connectivity index (χ1n) is 7.08. The number of anilines is 1. The second kappa shape index (κ2) is 5.61. The first-order chi connectivity index (χ1) is 10.1. The van der Waals surface area contributed by atoms with Crippen LogP contribution in [-0.2, 0) is 13.1 Å². The van der Waals surface area contributed by atoms with Crippen molar-refractivity contribution in [2.24, 2.45) is 5.73 Å². The molecule has 0 spiro atoms. The van der Waals surface area contributed by atoms with Crippen LogP contribution in [0.5, 0.6) is 0 Å². The number of carbonyl (C=O) groups is 1. The smallest absolute Gasteiger partial charge is 0.248 e. The van der Waals surface area contributed by atoms with Gasteiger partial charge in [0, 0.05) is 23.8 Å². The van der Waals surface area contributed by atoms with E-state index in [2.05, 4.69) is 4.90 Å². The minimum absolute atomic E-state index is 0.445. The third-order valence-corrected chi connectivity index (χ3v) is 3.81. The molecule has 0 aliphatic heterocycles. The van der Waals surface area contributed by atoms with E-state index >= 15 is 0 Å². The van der Waals surface area contributed by atoms with Crippen LogP contribution in [0.1, 0.15) is 34.5 Å². The first kappa shape index (κ1) is 13.7. The van der Waals surface area contributed by atoms with Crippen LogP contribution in [0.4, 0.5) is 5.69 Å². The second-order valence-electron chi connectivity index (χ2n) is 5.49. The number of amides is 1. The minimum atomic E-state index is -0.456. The minimum Gasteiger partial charge on any atom is -0.468 e. The number of nitrogens with zero attached hydrogens (tertiary/aromatic N) is 1. The predicted octanol–water partition coefficient (Wildman–Crippen LogP) is 2.13. The van der Waals surface area contributed by atoms with Crippen molar-refractivity contribution in [2.75, 3.05) is 5.73 Å². The molecule has 1 fully saturated rings. The first-order valence-corrected chi connectivity index (χ1v) is 7.08. The van der Waals surface area contributed by atoms with E-state index in [0.717, 1.165) is 24.4 Å². The van der Waals surface area contributed by atoms with Gasteiger partial charge >= 0.3 is 0 Å². The zero-order chi connectivity index (χ0) is 14.8. The summed E-state index contributed by atoms with van der Waals surface area (Å²) in [5.41, 5.74) is 13.4. The summed E-state index contributed by atoms with van der Waals surface area (Å²) in [4.78, 5) is 13.5. The molecule has 1 amide bonds. The van der Waals surface area contributed by atoms with Gasteiger partial charge in [0.15, 0.2) is 0 Å². The second-order valence-corrected chi connectivity index (χ2v) is 5.49. The van der Waals surface area contributed by atoms with E-state index in [1.54, 1.807) is 18.4 Å². The fourth-order valence-electron chi connectivity index (χ4n) is 2.47. The number of nitrogen functional groups attached to an aromatic ring is 1. The quantitative estimate of drug-likeness (QED) is 0.796. The number of carbonyl (C=O) groups excluding carboxylic acids is 1. The highest BCUT2D eigenvalue weighted by atomic mass is 16.3. The third-order valence-electron chi connectivity index (χ3n) is 3.81. The molecular formula is C16H19N3O2. The van der Waals surface area contributed by atoms with Crippen LogP contribution < -0.4 is 11.5 Å². The maximum atomic E-state index is 11.2. The zero-order valence-corrected chi connectivity index (χ0v) is 11.8. The van der Waals surface area contributed by atoms with Gasteiger partial charge in [0.25, 0.3) is 0 Å². The molecule has 0 saturated heterocycles. The molecule has 5 heteroatoms. The average molecular weight is 285 g/mol. The van der Waals surface area contributed by atoms with Crippen LogP contribution >= 0.6 is 0 Å². The molecule has 1 aliphatic carbocycles. The molecule has 0 unspecified atom stereocenters. The van der Waals surface area contributed by atoms with Crippen LogP contribution in [0, 0.1) is 0 Å². The summed E-state index contributed by atoms with van der Waals surface area (Å²) >= 11 is 0. The third kappa shape index (κ3) is 3.25. The topological polar surface area (TPSA) is 85.5 Å². The Balaban J connectivity index is 1.75. The Morgan fingerprint density at radius 2 is 2.10 bits per heavy atom. The van der Waals surface area contributed by atoms with Gasteiger partial charge in [0.05, 0.1) is 12.8 Å². The normalized spacial score (nSPS) is 14.5. The standard InChI is InChI=1S/C16H19N3O2/c17-15-8-11(16(18)20)3-4-12(15)9-19(13-5-6-13)10-14-2-1-7-21-14/h1-4,7-8,13H,5-6,9-10,17H2,(H2,18,20). The van der Waals surface area contributed by atoms with Crippen molar-refractivity contribution < 1.29 is 9.21 Å². The van der Waals surface area contributed by atoms with Crippen LogP contribution in [0.2, 0.25) is 0 Å². The Morgan fingerprint density at radius 1 is 1.29 bits per heavy atom. The summed E-state index contributed by atoms with van der Waals surface area (Å²) in [6, 6.07) is 9.73. The molecule has 0 radical (unpaired) electrons. The number of primary amides is 1. The van der Waals surface area contributed by atoms with E-state index in [0.29, 0.717) is 17.3 Å². The van der Waals surface area contributed by atoms with Gasteiger partial charge < -0.3 is 15.9 Å². The molecule has 1 heterocycles. The van der Waals surface area contributed by atoms with Crippen LogP contribution in [-0.4, -0.2) is 16.8 Å². The predicted molar refractivity (Wildman–Crippen MR) is 80.3 cm³/mol. The van der Waals surface area contributed by atoms with Gasteiger partial charge in [-0.1, -0.05) is 6.07 Å². The summed E-state index contributed by atoms with van der Waals surface area (Å²) in [5, 5.41) is 0. The summed E-state index contributed by atoms with van der Waals surface area (Å²) in [6.45, 7) is 1.52. The highest BCUT2D eigenvalue weighted by molar-refractivity contribution is 5.93. The van der Waals surface area contributed by atoms with E-state index in [1.165, 1.54) is 12.8 Å². The van der Waals surface area contributed by atoms with Crippen LogP contribution in [0.15, 0.2) is 41.0 Å². The molecular weight excluding hydrogens is 266 g/mol. The van der Waals surface area contributed by atoms with E-state index in [1.807, 2.05) is 18.2 Å². The summed E-state index contributed by atoms with van der Waals surface area (Å²) in [5.74, 6) is 0.497. The fraction of sp³-hybridized carbons (Fsp3) is 0.312. The van der Waals surface area contributed by atoms with E-state index in [9.17, 15) is 4.79 Å². The Hall–Kier alpha value is -2.27. The van der Waals surface area contributed by atoms with Crippen molar-refractivity contribution in [1.29, 1.82) is 0 Å². The highest BCUT2D eigenvalue weighted by Crippen LogP contribution is 2.31.